The maximum atomic E-state index is 13.8. The third kappa shape index (κ3) is 3.07. The van der Waals surface area contributed by atoms with Crippen LogP contribution in [0.25, 0.3) is 22.3 Å². The summed E-state index contributed by atoms with van der Waals surface area (Å²) in [7, 11) is 1.34. The highest BCUT2D eigenvalue weighted by molar-refractivity contribution is 5.92. The van der Waals surface area contributed by atoms with Crippen LogP contribution < -0.4 is 10.1 Å². The molecule has 28 heavy (non-hydrogen) atoms. The summed E-state index contributed by atoms with van der Waals surface area (Å²) in [5.41, 5.74) is 1.66. The van der Waals surface area contributed by atoms with Gasteiger partial charge in [-0.2, -0.15) is 4.39 Å². The monoisotopic (exact) mass is 380 g/mol. The molecule has 0 spiro atoms. The first kappa shape index (κ1) is 17.3. The van der Waals surface area contributed by atoms with Gasteiger partial charge in [-0.15, -0.1) is 0 Å². The van der Waals surface area contributed by atoms with E-state index < -0.39 is 16.4 Å². The summed E-state index contributed by atoms with van der Waals surface area (Å²) in [4.78, 5) is 26.1. The van der Waals surface area contributed by atoms with E-state index in [1.807, 2.05) is 12.1 Å². The fourth-order valence-corrected chi connectivity index (χ4v) is 2.81. The minimum atomic E-state index is -0.992. The van der Waals surface area contributed by atoms with Crippen LogP contribution in [0.3, 0.4) is 0 Å². The molecule has 4 rings (SSSR count). The van der Waals surface area contributed by atoms with Crippen LogP contribution in [-0.2, 0) is 0 Å². The van der Waals surface area contributed by atoms with Crippen molar-refractivity contribution >= 4 is 28.4 Å². The average Bonchev–Trinajstić information content (AvgIpc) is 3.13. The molecule has 0 bridgehead atoms. The maximum absolute atomic E-state index is 13.8. The van der Waals surface area contributed by atoms with E-state index >= 15 is 0 Å². The molecule has 140 valence electrons. The van der Waals surface area contributed by atoms with Crippen molar-refractivity contribution in [3.63, 3.8) is 0 Å². The Morgan fingerprint density at radius 1 is 1.25 bits per heavy atom. The summed E-state index contributed by atoms with van der Waals surface area (Å²) in [6, 6.07) is 7.44. The number of nitrogens with one attached hydrogen (secondary N) is 2. The second-order valence-electron chi connectivity index (χ2n) is 5.75. The topological polar surface area (TPSA) is 119 Å². The van der Waals surface area contributed by atoms with Gasteiger partial charge in [0.05, 0.1) is 23.4 Å². The molecule has 4 aromatic rings. The normalized spacial score (nSPS) is 10.8. The van der Waals surface area contributed by atoms with Crippen molar-refractivity contribution in [2.24, 2.45) is 0 Å². The number of anilines is 2. The van der Waals surface area contributed by atoms with Gasteiger partial charge in [-0.1, -0.05) is 0 Å². The predicted molar refractivity (Wildman–Crippen MR) is 100 cm³/mol. The summed E-state index contributed by atoms with van der Waals surface area (Å²) in [6.45, 7) is 0. The van der Waals surface area contributed by atoms with Crippen molar-refractivity contribution in [3.8, 4) is 17.0 Å². The summed E-state index contributed by atoms with van der Waals surface area (Å²) < 4.78 is 18.9. The molecule has 0 saturated heterocycles. The Kier molecular flexibility index (Phi) is 4.28. The molecular formula is C18H13FN6O3. The number of methoxy groups -OCH3 is 1. The van der Waals surface area contributed by atoms with E-state index in [-0.39, 0.29) is 17.4 Å². The van der Waals surface area contributed by atoms with E-state index in [1.165, 1.54) is 7.11 Å². The minimum Gasteiger partial charge on any atom is -0.494 e. The van der Waals surface area contributed by atoms with Gasteiger partial charge in [0.25, 0.3) is 0 Å². The molecule has 2 N–H and O–H groups in total. The number of nitrogens with zero attached hydrogens (tertiary/aromatic N) is 4. The number of fused-ring (bicyclic) bond motifs is 1. The molecule has 3 aromatic heterocycles. The van der Waals surface area contributed by atoms with Crippen molar-refractivity contribution in [2.45, 2.75) is 0 Å². The lowest BCUT2D eigenvalue weighted by atomic mass is 10.1. The SMILES string of the molecule is COc1cc(F)c([N+](=O)[O-])cc1Nc1nccc(-c2c[nH]c3ncccc23)n1. The Morgan fingerprint density at radius 3 is 2.89 bits per heavy atom. The van der Waals surface area contributed by atoms with Gasteiger partial charge >= 0.3 is 5.69 Å². The Hall–Kier alpha value is -4.08. The zero-order valence-electron chi connectivity index (χ0n) is 14.5. The standard InChI is InChI=1S/C18H13FN6O3/c1-28-16-7-12(19)15(25(26)27)8-14(16)24-18-21-6-4-13(23-18)11-9-22-17-10(11)3-2-5-20-17/h2-9H,1H3,(H,20,22)(H,21,23,24). The highest BCUT2D eigenvalue weighted by atomic mass is 19.1. The van der Waals surface area contributed by atoms with Crippen LogP contribution in [0.2, 0.25) is 0 Å². The average molecular weight is 380 g/mol. The number of pyridine rings is 1. The number of aromatic nitrogens is 4. The maximum Gasteiger partial charge on any atom is 0.307 e. The predicted octanol–water partition coefficient (Wildman–Crippen LogP) is 3.82. The Labute approximate surface area is 157 Å². The van der Waals surface area contributed by atoms with Crippen molar-refractivity contribution < 1.29 is 14.1 Å². The van der Waals surface area contributed by atoms with Crippen LogP contribution in [0, 0.1) is 15.9 Å². The van der Waals surface area contributed by atoms with Gasteiger partial charge in [0, 0.05) is 41.7 Å². The van der Waals surface area contributed by atoms with Crippen molar-refractivity contribution in [1.29, 1.82) is 0 Å². The fraction of sp³-hybridized carbons (Fsp3) is 0.0556. The number of hydrogen-bond acceptors (Lipinski definition) is 7. The van der Waals surface area contributed by atoms with E-state index in [2.05, 4.69) is 25.3 Å². The first-order valence-corrected chi connectivity index (χ1v) is 8.11. The summed E-state index contributed by atoms with van der Waals surface area (Å²) in [5.74, 6) is -0.725. The van der Waals surface area contributed by atoms with Gasteiger partial charge in [-0.25, -0.2) is 15.0 Å². The van der Waals surface area contributed by atoms with Crippen molar-refractivity contribution in [1.82, 2.24) is 19.9 Å². The molecule has 0 aliphatic heterocycles. The smallest absolute Gasteiger partial charge is 0.307 e. The second-order valence-corrected chi connectivity index (χ2v) is 5.75. The number of hydrogen-bond donors (Lipinski definition) is 2. The molecule has 0 fully saturated rings. The summed E-state index contributed by atoms with van der Waals surface area (Å²) in [5, 5.41) is 14.8. The van der Waals surface area contributed by atoms with Crippen LogP contribution in [0.15, 0.2) is 48.9 Å². The number of ether oxygens (including phenoxy) is 1. The molecule has 9 nitrogen and oxygen atoms in total. The quantitative estimate of drug-likeness (QED) is 0.399. The number of H-pyrrole nitrogens is 1. The van der Waals surface area contributed by atoms with E-state index in [4.69, 9.17) is 4.74 Å². The zero-order chi connectivity index (χ0) is 19.7. The van der Waals surface area contributed by atoms with E-state index in [9.17, 15) is 14.5 Å². The van der Waals surface area contributed by atoms with Gasteiger partial charge in [-0.05, 0) is 18.2 Å². The molecule has 10 heteroatoms. The van der Waals surface area contributed by atoms with Gasteiger partial charge in [0.2, 0.25) is 11.8 Å². The molecule has 0 aliphatic carbocycles. The molecule has 0 unspecified atom stereocenters. The summed E-state index contributed by atoms with van der Waals surface area (Å²) >= 11 is 0. The number of benzene rings is 1. The van der Waals surface area contributed by atoms with Crippen LogP contribution in [0.4, 0.5) is 21.7 Å². The lowest BCUT2D eigenvalue weighted by Crippen LogP contribution is -2.02. The summed E-state index contributed by atoms with van der Waals surface area (Å²) in [6.07, 6.45) is 5.01. The second kappa shape index (κ2) is 6.91. The van der Waals surface area contributed by atoms with Gasteiger partial charge in [-0.3, -0.25) is 10.1 Å². The largest absolute Gasteiger partial charge is 0.494 e. The van der Waals surface area contributed by atoms with Crippen LogP contribution in [-0.4, -0.2) is 32.0 Å². The Balaban J connectivity index is 1.73. The Morgan fingerprint density at radius 2 is 2.11 bits per heavy atom. The number of nitro benzene ring substituents is 1. The third-order valence-corrected chi connectivity index (χ3v) is 4.09. The molecule has 3 heterocycles. The number of aromatic amines is 1. The number of halogens is 1. The first-order valence-electron chi connectivity index (χ1n) is 8.11. The highest BCUT2D eigenvalue weighted by Gasteiger charge is 2.20. The number of nitro groups is 1. The molecule has 0 saturated carbocycles. The fourth-order valence-electron chi connectivity index (χ4n) is 2.81. The number of rotatable bonds is 5. The van der Waals surface area contributed by atoms with Gasteiger partial charge in [0.1, 0.15) is 11.4 Å². The van der Waals surface area contributed by atoms with E-state index in [0.717, 1.165) is 28.7 Å². The van der Waals surface area contributed by atoms with Crippen LogP contribution >= 0.6 is 0 Å². The van der Waals surface area contributed by atoms with Crippen LogP contribution in [0.1, 0.15) is 0 Å². The first-order chi connectivity index (χ1) is 13.6. The highest BCUT2D eigenvalue weighted by Crippen LogP contribution is 2.33. The van der Waals surface area contributed by atoms with E-state index in [0.29, 0.717) is 5.69 Å². The minimum absolute atomic E-state index is 0.0911. The molecule has 0 amide bonds. The zero-order valence-corrected chi connectivity index (χ0v) is 14.5. The van der Waals surface area contributed by atoms with Crippen molar-refractivity contribution in [2.75, 3.05) is 12.4 Å². The molecular weight excluding hydrogens is 367 g/mol. The van der Waals surface area contributed by atoms with E-state index in [1.54, 1.807) is 24.7 Å². The van der Waals surface area contributed by atoms with Gasteiger partial charge in [0.15, 0.2) is 0 Å². The Bertz CT molecular complexity index is 1190. The third-order valence-electron chi connectivity index (χ3n) is 4.09. The molecule has 0 radical (unpaired) electrons. The molecule has 0 aliphatic rings. The molecule has 1 aromatic carbocycles. The lowest BCUT2D eigenvalue weighted by molar-refractivity contribution is -0.387. The van der Waals surface area contributed by atoms with Gasteiger partial charge < -0.3 is 15.0 Å². The van der Waals surface area contributed by atoms with Crippen LogP contribution in [0.5, 0.6) is 5.75 Å². The molecule has 0 atom stereocenters. The van der Waals surface area contributed by atoms with Crippen molar-refractivity contribution in [3.05, 3.63) is 64.9 Å². The lowest BCUT2D eigenvalue weighted by Gasteiger charge is -2.11.